The van der Waals surface area contributed by atoms with Gasteiger partial charge in [-0.05, 0) is 36.1 Å². The third-order valence-electron chi connectivity index (χ3n) is 6.81. The second kappa shape index (κ2) is 9.82. The van der Waals surface area contributed by atoms with Gasteiger partial charge in [-0.15, -0.1) is 0 Å². The van der Waals surface area contributed by atoms with Crippen molar-refractivity contribution in [2.45, 2.75) is 58.3 Å². The normalized spacial score (nSPS) is 17.1. The van der Waals surface area contributed by atoms with Crippen LogP contribution in [-0.4, -0.2) is 28.2 Å². The van der Waals surface area contributed by atoms with E-state index in [2.05, 4.69) is 34.3 Å². The quantitative estimate of drug-likeness (QED) is 0.523. The fraction of sp³-hybridized carbons (Fsp3) is 0.370. The fourth-order valence-corrected chi connectivity index (χ4v) is 4.99. The molecule has 1 unspecified atom stereocenters. The summed E-state index contributed by atoms with van der Waals surface area (Å²) in [5, 5.41) is 3.40. The standard InChI is InChI=1S/C27H31N5O3/c1-2-3-15-31-26-24(25(34)29-27(31)35)28-22(32(26)18-20-8-5-4-6-9-20)17-19-11-13-21(14-12-19)30-16-7-10-23(30)33/h4-6,8-9,11-14,22,28H,2-3,7,10,15-18H2,1H3,(H,29,34,35). The Kier molecular flexibility index (Phi) is 6.44. The monoisotopic (exact) mass is 473 g/mol. The molecule has 0 saturated carbocycles. The average Bonchev–Trinajstić information content (AvgIpc) is 3.44. The summed E-state index contributed by atoms with van der Waals surface area (Å²) in [4.78, 5) is 44.1. The Bertz CT molecular complexity index is 1310. The number of H-pyrrole nitrogens is 1. The third kappa shape index (κ3) is 4.60. The first-order valence-corrected chi connectivity index (χ1v) is 12.4. The largest absolute Gasteiger partial charge is 0.357 e. The Hall–Kier alpha value is -3.81. The van der Waals surface area contributed by atoms with Gasteiger partial charge in [0.2, 0.25) is 5.91 Å². The van der Waals surface area contributed by atoms with E-state index in [1.54, 1.807) is 4.57 Å². The van der Waals surface area contributed by atoms with E-state index < -0.39 is 0 Å². The highest BCUT2D eigenvalue weighted by Gasteiger charge is 2.34. The van der Waals surface area contributed by atoms with Gasteiger partial charge in [0.15, 0.2) is 0 Å². The number of anilines is 3. The van der Waals surface area contributed by atoms with Crippen molar-refractivity contribution in [2.75, 3.05) is 21.7 Å². The molecule has 1 amide bonds. The van der Waals surface area contributed by atoms with Crippen molar-refractivity contribution in [1.29, 1.82) is 0 Å². The maximum Gasteiger partial charge on any atom is 0.330 e. The smallest absolute Gasteiger partial charge is 0.330 e. The first-order chi connectivity index (χ1) is 17.0. The van der Waals surface area contributed by atoms with E-state index >= 15 is 0 Å². The van der Waals surface area contributed by atoms with E-state index in [-0.39, 0.29) is 23.3 Å². The van der Waals surface area contributed by atoms with Crippen LogP contribution in [0.1, 0.15) is 43.7 Å². The maximum atomic E-state index is 12.8. The van der Waals surface area contributed by atoms with Crippen LogP contribution < -0.4 is 26.4 Å². The molecule has 2 aliphatic heterocycles. The predicted molar refractivity (Wildman–Crippen MR) is 138 cm³/mol. The Morgan fingerprint density at radius 2 is 1.74 bits per heavy atom. The summed E-state index contributed by atoms with van der Waals surface area (Å²) >= 11 is 0. The average molecular weight is 474 g/mol. The van der Waals surface area contributed by atoms with Gasteiger partial charge in [0, 0.05) is 38.2 Å². The number of fused-ring (bicyclic) bond motifs is 1. The molecule has 1 fully saturated rings. The zero-order chi connectivity index (χ0) is 24.4. The molecular weight excluding hydrogens is 442 g/mol. The highest BCUT2D eigenvalue weighted by atomic mass is 16.2. The number of aromatic nitrogens is 2. The number of nitrogens with one attached hydrogen (secondary N) is 2. The molecule has 3 heterocycles. The minimum atomic E-state index is -0.388. The topological polar surface area (TPSA) is 90.4 Å². The summed E-state index contributed by atoms with van der Waals surface area (Å²) in [5.74, 6) is 0.823. The third-order valence-corrected chi connectivity index (χ3v) is 6.81. The molecule has 0 aliphatic carbocycles. The first-order valence-electron chi connectivity index (χ1n) is 12.4. The lowest BCUT2D eigenvalue weighted by atomic mass is 10.1. The van der Waals surface area contributed by atoms with Crippen LogP contribution in [0.15, 0.2) is 64.2 Å². The molecule has 0 bridgehead atoms. The van der Waals surface area contributed by atoms with Crippen LogP contribution in [0.5, 0.6) is 0 Å². The van der Waals surface area contributed by atoms with Gasteiger partial charge >= 0.3 is 5.69 Å². The number of unbranched alkanes of at least 4 members (excludes halogenated alkanes) is 1. The molecule has 2 N–H and O–H groups in total. The van der Waals surface area contributed by atoms with Crippen molar-refractivity contribution in [3.8, 4) is 0 Å². The summed E-state index contributed by atoms with van der Waals surface area (Å²) < 4.78 is 1.69. The van der Waals surface area contributed by atoms with Crippen LogP contribution in [0.4, 0.5) is 17.2 Å². The second-order valence-electron chi connectivity index (χ2n) is 9.26. The molecule has 0 spiro atoms. The maximum absolute atomic E-state index is 12.8. The zero-order valence-electron chi connectivity index (χ0n) is 20.0. The molecule has 0 radical (unpaired) electrons. The molecular formula is C27H31N5O3. The Balaban J connectivity index is 1.47. The van der Waals surface area contributed by atoms with Gasteiger partial charge in [0.05, 0.1) is 0 Å². The molecule has 1 saturated heterocycles. The number of hydrogen-bond donors (Lipinski definition) is 2. The van der Waals surface area contributed by atoms with Gasteiger partial charge < -0.3 is 15.1 Å². The van der Waals surface area contributed by atoms with Crippen molar-refractivity contribution in [3.05, 3.63) is 86.6 Å². The fourth-order valence-electron chi connectivity index (χ4n) is 4.99. The summed E-state index contributed by atoms with van der Waals surface area (Å²) in [7, 11) is 0. The van der Waals surface area contributed by atoms with Gasteiger partial charge in [-0.2, -0.15) is 0 Å². The Morgan fingerprint density at radius 1 is 0.971 bits per heavy atom. The van der Waals surface area contributed by atoms with Crippen LogP contribution >= 0.6 is 0 Å². The van der Waals surface area contributed by atoms with Crippen LogP contribution in [-0.2, 0) is 24.3 Å². The van der Waals surface area contributed by atoms with Crippen LogP contribution in [0.25, 0.3) is 0 Å². The molecule has 35 heavy (non-hydrogen) atoms. The molecule has 2 aromatic carbocycles. The minimum Gasteiger partial charge on any atom is -0.357 e. The number of hydrogen-bond acceptors (Lipinski definition) is 5. The van der Waals surface area contributed by atoms with Crippen LogP contribution in [0.3, 0.4) is 0 Å². The van der Waals surface area contributed by atoms with Gasteiger partial charge in [0.1, 0.15) is 17.7 Å². The summed E-state index contributed by atoms with van der Waals surface area (Å²) in [6.07, 6.45) is 3.74. The highest BCUT2D eigenvalue weighted by molar-refractivity contribution is 5.95. The minimum absolute atomic E-state index is 0.170. The number of nitrogens with zero attached hydrogens (tertiary/aromatic N) is 3. The summed E-state index contributed by atoms with van der Waals surface area (Å²) in [6, 6.07) is 18.1. The van der Waals surface area contributed by atoms with Crippen LogP contribution in [0, 0.1) is 0 Å². The van der Waals surface area contributed by atoms with Crippen molar-refractivity contribution in [3.63, 3.8) is 0 Å². The van der Waals surface area contributed by atoms with Gasteiger partial charge in [0.25, 0.3) is 5.56 Å². The van der Waals surface area contributed by atoms with Crippen molar-refractivity contribution < 1.29 is 4.79 Å². The number of carbonyl (C=O) groups excluding carboxylic acids is 1. The van der Waals surface area contributed by atoms with E-state index in [4.69, 9.17) is 0 Å². The Labute approximate surface area is 204 Å². The summed E-state index contributed by atoms with van der Waals surface area (Å²) in [5.41, 5.74) is 2.79. The van der Waals surface area contributed by atoms with Gasteiger partial charge in [-0.25, -0.2) is 4.79 Å². The van der Waals surface area contributed by atoms with Gasteiger partial charge in [-0.1, -0.05) is 55.8 Å². The molecule has 1 aromatic heterocycles. The molecule has 5 rings (SSSR count). The number of rotatable bonds is 8. The number of carbonyl (C=O) groups is 1. The highest BCUT2D eigenvalue weighted by Crippen LogP contribution is 2.34. The summed E-state index contributed by atoms with van der Waals surface area (Å²) in [6.45, 7) is 3.97. The molecule has 1 atom stereocenters. The Morgan fingerprint density at radius 3 is 2.43 bits per heavy atom. The predicted octanol–water partition coefficient (Wildman–Crippen LogP) is 3.46. The van der Waals surface area contributed by atoms with E-state index in [1.165, 1.54) is 0 Å². The number of aromatic amines is 1. The van der Waals surface area contributed by atoms with Gasteiger partial charge in [-0.3, -0.25) is 19.1 Å². The molecule has 8 heteroatoms. The molecule has 2 aliphatic rings. The molecule has 3 aromatic rings. The zero-order valence-corrected chi connectivity index (χ0v) is 20.0. The van der Waals surface area contributed by atoms with Crippen molar-refractivity contribution in [1.82, 2.24) is 9.55 Å². The molecule has 182 valence electrons. The van der Waals surface area contributed by atoms with E-state index in [0.29, 0.717) is 37.4 Å². The number of benzene rings is 2. The van der Waals surface area contributed by atoms with Crippen molar-refractivity contribution >= 4 is 23.1 Å². The molecule has 8 nitrogen and oxygen atoms in total. The lowest BCUT2D eigenvalue weighted by molar-refractivity contribution is -0.117. The number of amides is 1. The van der Waals surface area contributed by atoms with Crippen molar-refractivity contribution in [2.24, 2.45) is 0 Å². The van der Waals surface area contributed by atoms with Crippen LogP contribution in [0.2, 0.25) is 0 Å². The van der Waals surface area contributed by atoms with E-state index in [0.717, 1.165) is 42.6 Å². The first kappa shape index (κ1) is 23.0. The lowest BCUT2D eigenvalue weighted by Gasteiger charge is -2.28. The lowest BCUT2D eigenvalue weighted by Crippen LogP contribution is -2.39. The SMILES string of the molecule is CCCCn1c2c(c(=O)[nH]c1=O)NC(Cc1ccc(N3CCCC3=O)cc1)N2Cc1ccccc1. The van der Waals surface area contributed by atoms with E-state index in [1.807, 2.05) is 47.4 Å². The second-order valence-corrected chi connectivity index (χ2v) is 9.26. The van der Waals surface area contributed by atoms with E-state index in [9.17, 15) is 14.4 Å².